The van der Waals surface area contributed by atoms with Crippen molar-refractivity contribution in [3.05, 3.63) is 21.5 Å². The molecule has 14 heavy (non-hydrogen) atoms. The summed E-state index contributed by atoms with van der Waals surface area (Å²) in [4.78, 5) is 5.21. The van der Waals surface area contributed by atoms with Gasteiger partial charge in [-0.2, -0.15) is 0 Å². The number of nitrogens with zero attached hydrogens (tertiary/aromatic N) is 2. The van der Waals surface area contributed by atoms with Crippen molar-refractivity contribution >= 4 is 48.3 Å². The molecule has 1 aromatic rings. The summed E-state index contributed by atoms with van der Waals surface area (Å²) in [6.45, 7) is 4.42. The van der Waals surface area contributed by atoms with Crippen molar-refractivity contribution in [3.8, 4) is 0 Å². The minimum absolute atomic E-state index is 0.0935. The fraction of sp³-hybridized carbons (Fsp3) is 0.250. The van der Waals surface area contributed by atoms with Crippen LogP contribution in [0, 0.1) is 3.95 Å². The fourth-order valence-corrected chi connectivity index (χ4v) is 2.96. The lowest BCUT2D eigenvalue weighted by molar-refractivity contribution is 0.826. The van der Waals surface area contributed by atoms with Gasteiger partial charge in [0.15, 0.2) is 3.95 Å². The summed E-state index contributed by atoms with van der Waals surface area (Å²) in [5, 5.41) is 2.99. The molecule has 1 aliphatic heterocycles. The van der Waals surface area contributed by atoms with Crippen LogP contribution in [0.1, 0.15) is 10.3 Å². The van der Waals surface area contributed by atoms with E-state index in [9.17, 15) is 0 Å². The molecule has 0 fully saturated rings. The largest absolute Gasteiger partial charge is 0.332 e. The topological polar surface area (TPSA) is 29.3 Å². The first-order valence-corrected chi connectivity index (χ1v) is 5.79. The molecule has 1 N–H and O–H groups in total. The van der Waals surface area contributed by atoms with Crippen LogP contribution in [0.5, 0.6) is 0 Å². The van der Waals surface area contributed by atoms with E-state index in [1.54, 1.807) is 17.7 Å². The van der Waals surface area contributed by atoms with Crippen molar-refractivity contribution in [3.63, 3.8) is 0 Å². The van der Waals surface area contributed by atoms with E-state index in [1.807, 2.05) is 10.6 Å². The smallest absolute Gasteiger partial charge is 0.163 e. The lowest BCUT2D eigenvalue weighted by Gasteiger charge is -2.14. The molecule has 0 amide bonds. The maximum absolute atomic E-state index is 5.24. The Morgan fingerprint density at radius 1 is 1.86 bits per heavy atom. The Balaban J connectivity index is 2.54. The van der Waals surface area contributed by atoms with Crippen LogP contribution in [0.2, 0.25) is 0 Å². The number of allylic oxidation sites excluding steroid dienone is 1. The predicted octanol–water partition coefficient (Wildman–Crippen LogP) is 2.85. The van der Waals surface area contributed by atoms with Crippen LogP contribution in [0.4, 0.5) is 5.82 Å². The van der Waals surface area contributed by atoms with E-state index in [4.69, 9.17) is 12.2 Å². The zero-order valence-corrected chi connectivity index (χ0v) is 9.83. The Hall–Kier alpha value is -0.590. The monoisotopic (exact) mass is 243 g/mol. The number of hydrogen-bond donors (Lipinski definition) is 2. The highest BCUT2D eigenvalue weighted by Crippen LogP contribution is 2.36. The normalized spacial score (nSPS) is 18.8. The second-order valence-electron chi connectivity index (χ2n) is 2.78. The molecule has 0 unspecified atom stereocenters. The molecule has 2 heterocycles. The number of hydrogen-bond acceptors (Lipinski definition) is 5. The summed E-state index contributed by atoms with van der Waals surface area (Å²) in [5.74, 6) is 0.995. The number of fused-ring (bicyclic) bond motifs is 1. The van der Waals surface area contributed by atoms with Crippen LogP contribution in [0.15, 0.2) is 17.6 Å². The van der Waals surface area contributed by atoms with Gasteiger partial charge in [0, 0.05) is 6.54 Å². The second-order valence-corrected chi connectivity index (χ2v) is 4.94. The third-order valence-electron chi connectivity index (χ3n) is 1.88. The first-order valence-electron chi connectivity index (χ1n) is 4.04. The minimum atomic E-state index is -0.0935. The number of aliphatic imine (C=N–C) groups is 1. The number of anilines is 1. The molecule has 2 rings (SSSR count). The molecule has 6 heteroatoms. The van der Waals surface area contributed by atoms with Gasteiger partial charge < -0.3 is 9.88 Å². The molecule has 0 saturated carbocycles. The molecule has 0 saturated heterocycles. The summed E-state index contributed by atoms with van der Waals surface area (Å²) in [6, 6.07) is 0. The van der Waals surface area contributed by atoms with Crippen molar-refractivity contribution in [1.29, 1.82) is 0 Å². The average Bonchev–Trinajstić information content (AvgIpc) is 2.47. The summed E-state index contributed by atoms with van der Waals surface area (Å²) in [7, 11) is 0. The van der Waals surface area contributed by atoms with Crippen LogP contribution >= 0.6 is 36.2 Å². The van der Waals surface area contributed by atoms with Gasteiger partial charge in [0.25, 0.3) is 0 Å². The summed E-state index contributed by atoms with van der Waals surface area (Å²) in [6.07, 6.45) is 3.48. The zero-order chi connectivity index (χ0) is 10.1. The van der Waals surface area contributed by atoms with Gasteiger partial charge in [0.05, 0.1) is 11.2 Å². The Bertz CT molecular complexity index is 443. The van der Waals surface area contributed by atoms with Crippen molar-refractivity contribution in [2.24, 2.45) is 4.99 Å². The lowest BCUT2D eigenvalue weighted by atomic mass is 10.4. The molecule has 0 aliphatic carbocycles. The highest BCUT2D eigenvalue weighted by molar-refractivity contribution is 7.80. The summed E-state index contributed by atoms with van der Waals surface area (Å²) >= 11 is 11.1. The van der Waals surface area contributed by atoms with E-state index in [0.717, 1.165) is 14.6 Å². The van der Waals surface area contributed by atoms with Crippen LogP contribution < -0.4 is 5.32 Å². The van der Waals surface area contributed by atoms with Crippen molar-refractivity contribution in [1.82, 2.24) is 4.57 Å². The Kier molecular flexibility index (Phi) is 2.76. The van der Waals surface area contributed by atoms with E-state index in [-0.39, 0.29) is 5.37 Å². The number of nitrogens with one attached hydrogen (secondary N) is 1. The summed E-state index contributed by atoms with van der Waals surface area (Å²) in [5.41, 5.74) is 0. The Morgan fingerprint density at radius 3 is 3.36 bits per heavy atom. The number of thiol groups is 1. The molecule has 1 aromatic heterocycles. The van der Waals surface area contributed by atoms with E-state index in [0.29, 0.717) is 6.54 Å². The Labute approximate surface area is 96.6 Å². The van der Waals surface area contributed by atoms with Crippen molar-refractivity contribution in [2.75, 3.05) is 5.32 Å². The lowest BCUT2D eigenvalue weighted by Crippen LogP contribution is -2.10. The Morgan fingerprint density at radius 2 is 2.64 bits per heavy atom. The van der Waals surface area contributed by atoms with Gasteiger partial charge in [0.2, 0.25) is 0 Å². The summed E-state index contributed by atoms with van der Waals surface area (Å²) < 4.78 is 2.82. The maximum atomic E-state index is 5.24. The third-order valence-corrected chi connectivity index (χ3v) is 3.95. The SMILES string of the molecule is C=CCn1c2c(sc1=S)[C@@H](S)N=CN2. The molecule has 0 radical (unpaired) electrons. The molecule has 3 nitrogen and oxygen atoms in total. The van der Waals surface area contributed by atoms with Crippen LogP contribution in [-0.2, 0) is 6.54 Å². The quantitative estimate of drug-likeness (QED) is 0.475. The van der Waals surface area contributed by atoms with Crippen LogP contribution in [-0.4, -0.2) is 10.9 Å². The number of thiazole rings is 1. The molecular weight excluding hydrogens is 234 g/mol. The second kappa shape index (κ2) is 3.88. The first kappa shape index (κ1) is 9.95. The molecule has 0 aromatic carbocycles. The van der Waals surface area contributed by atoms with E-state index >= 15 is 0 Å². The minimum Gasteiger partial charge on any atom is -0.332 e. The van der Waals surface area contributed by atoms with E-state index in [2.05, 4.69) is 29.5 Å². The van der Waals surface area contributed by atoms with Crippen molar-refractivity contribution < 1.29 is 0 Å². The first-order chi connectivity index (χ1) is 6.74. The number of rotatable bonds is 2. The fourth-order valence-electron chi connectivity index (χ4n) is 1.28. The van der Waals surface area contributed by atoms with E-state index < -0.39 is 0 Å². The van der Waals surface area contributed by atoms with Gasteiger partial charge in [0.1, 0.15) is 11.2 Å². The molecule has 1 atom stereocenters. The third kappa shape index (κ3) is 1.53. The van der Waals surface area contributed by atoms with Crippen molar-refractivity contribution in [2.45, 2.75) is 11.9 Å². The van der Waals surface area contributed by atoms with Gasteiger partial charge in [-0.3, -0.25) is 4.99 Å². The molecular formula is C8H9N3S3. The van der Waals surface area contributed by atoms with Gasteiger partial charge >= 0.3 is 0 Å². The number of aromatic nitrogens is 1. The van der Waals surface area contributed by atoms with E-state index in [1.165, 1.54) is 0 Å². The van der Waals surface area contributed by atoms with Gasteiger partial charge in [-0.05, 0) is 12.2 Å². The molecule has 0 spiro atoms. The molecule has 74 valence electrons. The molecule has 0 bridgehead atoms. The zero-order valence-electron chi connectivity index (χ0n) is 7.30. The van der Waals surface area contributed by atoms with Gasteiger partial charge in [-0.1, -0.05) is 6.08 Å². The predicted molar refractivity (Wildman–Crippen MR) is 67.2 cm³/mol. The highest BCUT2D eigenvalue weighted by Gasteiger charge is 2.19. The van der Waals surface area contributed by atoms with Crippen LogP contribution in [0.3, 0.4) is 0 Å². The average molecular weight is 243 g/mol. The highest BCUT2D eigenvalue weighted by atomic mass is 32.1. The standard InChI is InChI=1S/C8H9N3S3/c1-2-3-11-6-5(14-8(11)13)7(12)10-4-9-6/h2,4,7,12H,1,3H2,(H,9,10)/t7-/m1/s1. The maximum Gasteiger partial charge on any atom is 0.163 e. The van der Waals surface area contributed by atoms with Crippen LogP contribution in [0.25, 0.3) is 0 Å². The van der Waals surface area contributed by atoms with Gasteiger partial charge in [-0.15, -0.1) is 30.5 Å². The molecule has 1 aliphatic rings. The van der Waals surface area contributed by atoms with Gasteiger partial charge in [-0.25, -0.2) is 0 Å².